The summed E-state index contributed by atoms with van der Waals surface area (Å²) in [6, 6.07) is 11.3. The van der Waals surface area contributed by atoms with E-state index in [1.54, 1.807) is 13.3 Å². The van der Waals surface area contributed by atoms with Crippen LogP contribution in [0.1, 0.15) is 11.3 Å². The molecule has 18 heavy (non-hydrogen) atoms. The summed E-state index contributed by atoms with van der Waals surface area (Å²) in [4.78, 5) is 4.21. The van der Waals surface area contributed by atoms with Crippen LogP contribution >= 0.6 is 0 Å². The molecule has 4 heteroatoms. The number of pyridine rings is 1. The first-order valence-electron chi connectivity index (χ1n) is 5.73. The van der Waals surface area contributed by atoms with Crippen LogP contribution < -0.4 is 15.2 Å². The van der Waals surface area contributed by atoms with Gasteiger partial charge in [0.05, 0.1) is 12.8 Å². The van der Waals surface area contributed by atoms with E-state index in [-0.39, 0.29) is 0 Å². The molecule has 1 aromatic carbocycles. The lowest BCUT2D eigenvalue weighted by Crippen LogP contribution is -2.06. The van der Waals surface area contributed by atoms with E-state index in [9.17, 15) is 0 Å². The van der Waals surface area contributed by atoms with Crippen LogP contribution in [0.2, 0.25) is 0 Å². The highest BCUT2D eigenvalue weighted by Gasteiger charge is 2.02. The van der Waals surface area contributed by atoms with E-state index in [2.05, 4.69) is 4.98 Å². The molecule has 0 aliphatic heterocycles. The molecule has 0 saturated carbocycles. The third-order valence-electron chi connectivity index (χ3n) is 2.63. The van der Waals surface area contributed by atoms with Gasteiger partial charge < -0.3 is 15.2 Å². The Morgan fingerprint density at radius 1 is 1.11 bits per heavy atom. The van der Waals surface area contributed by atoms with Crippen molar-refractivity contribution in [2.24, 2.45) is 5.73 Å². The summed E-state index contributed by atoms with van der Waals surface area (Å²) in [5, 5.41) is 0. The van der Waals surface area contributed by atoms with E-state index in [0.29, 0.717) is 13.2 Å². The summed E-state index contributed by atoms with van der Waals surface area (Å²) < 4.78 is 10.8. The SMILES string of the molecule is COc1ccc(OCc2cccnc2CN)cc1. The molecule has 2 aromatic rings. The number of methoxy groups -OCH3 is 1. The summed E-state index contributed by atoms with van der Waals surface area (Å²) in [6.45, 7) is 0.884. The van der Waals surface area contributed by atoms with E-state index < -0.39 is 0 Å². The highest BCUT2D eigenvalue weighted by Crippen LogP contribution is 2.18. The lowest BCUT2D eigenvalue weighted by molar-refractivity contribution is 0.303. The van der Waals surface area contributed by atoms with Crippen LogP contribution in [0.5, 0.6) is 11.5 Å². The van der Waals surface area contributed by atoms with Crippen LogP contribution in [0.3, 0.4) is 0 Å². The van der Waals surface area contributed by atoms with E-state index in [0.717, 1.165) is 22.8 Å². The summed E-state index contributed by atoms with van der Waals surface area (Å²) in [6.07, 6.45) is 1.74. The molecule has 2 rings (SSSR count). The fraction of sp³-hybridized carbons (Fsp3) is 0.214. The fourth-order valence-electron chi connectivity index (χ4n) is 1.62. The van der Waals surface area contributed by atoms with Gasteiger partial charge in [-0.2, -0.15) is 0 Å². The van der Waals surface area contributed by atoms with Gasteiger partial charge >= 0.3 is 0 Å². The first-order valence-corrected chi connectivity index (χ1v) is 5.73. The second-order valence-corrected chi connectivity index (χ2v) is 3.78. The van der Waals surface area contributed by atoms with Crippen molar-refractivity contribution in [3.05, 3.63) is 53.9 Å². The summed E-state index contributed by atoms with van der Waals surface area (Å²) in [5.74, 6) is 1.61. The molecule has 2 N–H and O–H groups in total. The first kappa shape index (κ1) is 12.4. The average Bonchev–Trinajstić information content (AvgIpc) is 2.46. The van der Waals surface area contributed by atoms with E-state index in [1.165, 1.54) is 0 Å². The van der Waals surface area contributed by atoms with E-state index in [1.807, 2.05) is 36.4 Å². The first-order chi connectivity index (χ1) is 8.83. The molecule has 0 unspecified atom stereocenters. The number of benzene rings is 1. The summed E-state index contributed by atoms with van der Waals surface area (Å²) >= 11 is 0. The van der Waals surface area contributed by atoms with Gasteiger partial charge in [0.2, 0.25) is 0 Å². The number of hydrogen-bond donors (Lipinski definition) is 1. The topological polar surface area (TPSA) is 57.4 Å². The Morgan fingerprint density at radius 3 is 2.50 bits per heavy atom. The largest absolute Gasteiger partial charge is 0.497 e. The third-order valence-corrected chi connectivity index (χ3v) is 2.63. The monoisotopic (exact) mass is 244 g/mol. The van der Waals surface area contributed by atoms with Crippen LogP contribution in [0.4, 0.5) is 0 Å². The van der Waals surface area contributed by atoms with E-state index in [4.69, 9.17) is 15.2 Å². The maximum absolute atomic E-state index is 5.68. The normalized spacial score (nSPS) is 10.1. The van der Waals surface area contributed by atoms with Crippen LogP contribution in [-0.2, 0) is 13.2 Å². The van der Waals surface area contributed by atoms with Gasteiger partial charge in [0, 0.05) is 18.3 Å². The number of aromatic nitrogens is 1. The maximum atomic E-state index is 5.68. The quantitative estimate of drug-likeness (QED) is 0.875. The van der Waals surface area contributed by atoms with Crippen molar-refractivity contribution in [1.82, 2.24) is 4.98 Å². The molecule has 0 aliphatic carbocycles. The highest BCUT2D eigenvalue weighted by molar-refractivity contribution is 5.31. The van der Waals surface area contributed by atoms with Crippen LogP contribution in [0, 0.1) is 0 Å². The molecule has 4 nitrogen and oxygen atoms in total. The zero-order chi connectivity index (χ0) is 12.8. The van der Waals surface area contributed by atoms with Gasteiger partial charge in [-0.1, -0.05) is 6.07 Å². The van der Waals surface area contributed by atoms with Crippen LogP contribution in [0.15, 0.2) is 42.6 Å². The molecule has 1 aromatic heterocycles. The van der Waals surface area contributed by atoms with Crippen molar-refractivity contribution < 1.29 is 9.47 Å². The summed E-state index contributed by atoms with van der Waals surface area (Å²) in [5.41, 5.74) is 7.50. The third kappa shape index (κ3) is 2.99. The van der Waals surface area contributed by atoms with Crippen molar-refractivity contribution >= 4 is 0 Å². The number of ether oxygens (including phenoxy) is 2. The van der Waals surface area contributed by atoms with Gasteiger partial charge in [-0.25, -0.2) is 0 Å². The van der Waals surface area contributed by atoms with Crippen molar-refractivity contribution in [3.63, 3.8) is 0 Å². The predicted molar refractivity (Wildman–Crippen MR) is 69.5 cm³/mol. The zero-order valence-electron chi connectivity index (χ0n) is 10.3. The maximum Gasteiger partial charge on any atom is 0.120 e. The Labute approximate surface area is 106 Å². The molecule has 0 atom stereocenters. The van der Waals surface area contributed by atoms with Crippen molar-refractivity contribution in [1.29, 1.82) is 0 Å². The standard InChI is InChI=1S/C14H16N2O2/c1-17-12-4-6-13(7-5-12)18-10-11-3-2-8-16-14(11)9-15/h2-8H,9-10,15H2,1H3. The number of rotatable bonds is 5. The second-order valence-electron chi connectivity index (χ2n) is 3.78. The van der Waals surface area contributed by atoms with Gasteiger partial charge in [-0.3, -0.25) is 4.98 Å². The zero-order valence-corrected chi connectivity index (χ0v) is 10.3. The highest BCUT2D eigenvalue weighted by atomic mass is 16.5. The number of hydrogen-bond acceptors (Lipinski definition) is 4. The van der Waals surface area contributed by atoms with Crippen molar-refractivity contribution in [2.75, 3.05) is 7.11 Å². The van der Waals surface area contributed by atoms with Gasteiger partial charge in [0.1, 0.15) is 18.1 Å². The Morgan fingerprint density at radius 2 is 1.83 bits per heavy atom. The molecule has 0 saturated heterocycles. The Kier molecular flexibility index (Phi) is 4.15. The molecule has 0 fully saturated rings. The Bertz CT molecular complexity index is 497. The second kappa shape index (κ2) is 6.02. The lowest BCUT2D eigenvalue weighted by Gasteiger charge is -2.09. The average molecular weight is 244 g/mol. The van der Waals surface area contributed by atoms with Gasteiger partial charge in [0.15, 0.2) is 0 Å². The van der Waals surface area contributed by atoms with Crippen LogP contribution in [0.25, 0.3) is 0 Å². The molecule has 0 bridgehead atoms. The molecule has 1 heterocycles. The number of nitrogens with zero attached hydrogens (tertiary/aromatic N) is 1. The summed E-state index contributed by atoms with van der Waals surface area (Å²) in [7, 11) is 1.64. The minimum Gasteiger partial charge on any atom is -0.497 e. The molecule has 0 spiro atoms. The van der Waals surface area contributed by atoms with E-state index >= 15 is 0 Å². The van der Waals surface area contributed by atoms with Crippen molar-refractivity contribution in [2.45, 2.75) is 13.2 Å². The fourth-order valence-corrected chi connectivity index (χ4v) is 1.62. The van der Waals surface area contributed by atoms with Crippen LogP contribution in [-0.4, -0.2) is 12.1 Å². The lowest BCUT2D eigenvalue weighted by atomic mass is 10.2. The number of nitrogens with two attached hydrogens (primary N) is 1. The van der Waals surface area contributed by atoms with Gasteiger partial charge in [-0.15, -0.1) is 0 Å². The molecular weight excluding hydrogens is 228 g/mol. The molecule has 0 amide bonds. The van der Waals surface area contributed by atoms with Gasteiger partial charge in [0.25, 0.3) is 0 Å². The predicted octanol–water partition coefficient (Wildman–Crippen LogP) is 2.13. The molecular formula is C14H16N2O2. The van der Waals surface area contributed by atoms with Gasteiger partial charge in [-0.05, 0) is 30.3 Å². The van der Waals surface area contributed by atoms with Crippen molar-refractivity contribution in [3.8, 4) is 11.5 Å². The Hall–Kier alpha value is -2.07. The minimum atomic E-state index is 0.419. The minimum absolute atomic E-state index is 0.419. The molecule has 0 aliphatic rings. The smallest absolute Gasteiger partial charge is 0.120 e. The molecule has 0 radical (unpaired) electrons. The molecule has 94 valence electrons. The Balaban J connectivity index is 2.02.